The lowest BCUT2D eigenvalue weighted by atomic mass is 9.82. The van der Waals surface area contributed by atoms with Crippen LogP contribution in [0.15, 0.2) is 59.0 Å². The lowest BCUT2D eigenvalue weighted by Crippen LogP contribution is -2.48. The zero-order valence-corrected chi connectivity index (χ0v) is 24.9. The molecule has 0 radical (unpaired) electrons. The molecule has 8 nitrogen and oxygen atoms in total. The number of hydrogen-bond donors (Lipinski definition) is 0. The molecule has 0 spiro atoms. The van der Waals surface area contributed by atoms with E-state index in [9.17, 15) is 9.59 Å². The number of oxazole rings is 1. The van der Waals surface area contributed by atoms with Crippen LogP contribution in [0, 0.1) is 18.8 Å². The first-order valence-electron chi connectivity index (χ1n) is 14.5. The molecule has 2 aromatic carbocycles. The van der Waals surface area contributed by atoms with Crippen molar-refractivity contribution in [1.82, 2.24) is 9.88 Å². The van der Waals surface area contributed by atoms with Crippen LogP contribution in [-0.4, -0.2) is 53.9 Å². The summed E-state index contributed by atoms with van der Waals surface area (Å²) in [4.78, 5) is 31.8. The Morgan fingerprint density at radius 3 is 2.46 bits per heavy atom. The van der Waals surface area contributed by atoms with Gasteiger partial charge in [-0.1, -0.05) is 30.3 Å². The lowest BCUT2D eigenvalue weighted by Gasteiger charge is -2.38. The van der Waals surface area contributed by atoms with E-state index < -0.39 is 5.60 Å². The second-order valence-electron chi connectivity index (χ2n) is 11.5. The molecule has 3 aromatic rings. The summed E-state index contributed by atoms with van der Waals surface area (Å²) in [5.74, 6) is 1.81. The van der Waals surface area contributed by atoms with Crippen LogP contribution in [-0.2, 0) is 27.1 Å². The highest BCUT2D eigenvalue weighted by molar-refractivity contribution is 5.74. The van der Waals surface area contributed by atoms with E-state index in [4.69, 9.17) is 18.6 Å². The quantitative estimate of drug-likeness (QED) is 0.256. The number of benzene rings is 2. The number of esters is 1. The molecule has 2 unspecified atom stereocenters. The zero-order chi connectivity index (χ0) is 29.4. The van der Waals surface area contributed by atoms with Crippen molar-refractivity contribution in [3.05, 3.63) is 71.6 Å². The average Bonchev–Trinajstić information content (AvgIpc) is 3.32. The van der Waals surface area contributed by atoms with Crippen LogP contribution in [0.3, 0.4) is 0 Å². The van der Waals surface area contributed by atoms with E-state index >= 15 is 0 Å². The van der Waals surface area contributed by atoms with Crippen molar-refractivity contribution in [3.8, 4) is 17.2 Å². The molecule has 1 saturated heterocycles. The molecule has 0 bridgehead atoms. The van der Waals surface area contributed by atoms with Gasteiger partial charge >= 0.3 is 12.1 Å². The van der Waals surface area contributed by atoms with E-state index in [0.717, 1.165) is 41.2 Å². The fourth-order valence-electron chi connectivity index (χ4n) is 5.11. The minimum atomic E-state index is -0.562. The first-order valence-corrected chi connectivity index (χ1v) is 14.5. The molecule has 1 aliphatic heterocycles. The number of rotatable bonds is 10. The minimum absolute atomic E-state index is 0.00211. The minimum Gasteiger partial charge on any atom is -0.493 e. The maximum atomic E-state index is 12.7. The Balaban J connectivity index is 1.30. The SMILES string of the molecule is CCOC(=O)C1CCN(C(=O)OC(C)(C)C)CC1CCc1ccc(OCCc2nc(-c3ccccc3)oc2C)cc1. The summed E-state index contributed by atoms with van der Waals surface area (Å²) in [5, 5.41) is 0. The van der Waals surface area contributed by atoms with Gasteiger partial charge in [0, 0.05) is 25.1 Å². The fraction of sp³-hybridized carbons (Fsp3) is 0.485. The third kappa shape index (κ3) is 8.59. The van der Waals surface area contributed by atoms with Gasteiger partial charge in [0.05, 0.1) is 24.8 Å². The van der Waals surface area contributed by atoms with Gasteiger partial charge < -0.3 is 23.5 Å². The molecule has 0 N–H and O–H groups in total. The second kappa shape index (κ2) is 13.7. The molecule has 1 aliphatic rings. The Kier molecular flexibility index (Phi) is 10.1. The molecule has 1 fully saturated rings. The molecular formula is C33H42N2O6. The Bertz CT molecular complexity index is 1280. The summed E-state index contributed by atoms with van der Waals surface area (Å²) in [6.07, 6.45) is 2.44. The maximum Gasteiger partial charge on any atom is 0.410 e. The number of nitrogens with zero attached hydrogens (tertiary/aromatic N) is 2. The third-order valence-electron chi connectivity index (χ3n) is 7.22. The Morgan fingerprint density at radius 1 is 1.05 bits per heavy atom. The topological polar surface area (TPSA) is 91.1 Å². The third-order valence-corrected chi connectivity index (χ3v) is 7.22. The number of hydrogen-bond acceptors (Lipinski definition) is 7. The molecule has 0 saturated carbocycles. The van der Waals surface area contributed by atoms with Gasteiger partial charge in [0.15, 0.2) is 0 Å². The van der Waals surface area contributed by atoms with Crippen molar-refractivity contribution < 1.29 is 28.2 Å². The summed E-state index contributed by atoms with van der Waals surface area (Å²) in [6, 6.07) is 17.9. The monoisotopic (exact) mass is 562 g/mol. The summed E-state index contributed by atoms with van der Waals surface area (Å²) >= 11 is 0. The molecule has 2 heterocycles. The van der Waals surface area contributed by atoms with Crippen molar-refractivity contribution in [2.75, 3.05) is 26.3 Å². The first-order chi connectivity index (χ1) is 19.6. The first kappa shape index (κ1) is 30.2. The van der Waals surface area contributed by atoms with Crippen molar-refractivity contribution in [2.24, 2.45) is 11.8 Å². The molecule has 41 heavy (non-hydrogen) atoms. The van der Waals surface area contributed by atoms with E-state index in [1.807, 2.05) is 77.1 Å². The van der Waals surface area contributed by atoms with Crippen LogP contribution in [0.5, 0.6) is 5.75 Å². The number of piperidine rings is 1. The van der Waals surface area contributed by atoms with Gasteiger partial charge in [0.25, 0.3) is 0 Å². The molecule has 1 amide bonds. The standard InChI is InChI=1S/C33H42N2O6/c1-6-38-31(36)28-18-20-35(32(37)41-33(3,4)5)22-26(28)15-12-24-13-16-27(17-14-24)39-21-19-29-23(2)40-30(34-29)25-10-8-7-9-11-25/h7-11,13-14,16-17,26,28H,6,12,15,18-22H2,1-5H3. The number of aryl methyl sites for hydroxylation is 2. The number of carbonyl (C=O) groups excluding carboxylic acids is 2. The average molecular weight is 563 g/mol. The van der Waals surface area contributed by atoms with E-state index in [2.05, 4.69) is 17.1 Å². The molecule has 1 aromatic heterocycles. The Labute approximate surface area is 243 Å². The van der Waals surface area contributed by atoms with Gasteiger partial charge in [0.1, 0.15) is 17.1 Å². The van der Waals surface area contributed by atoms with Crippen molar-refractivity contribution in [3.63, 3.8) is 0 Å². The van der Waals surface area contributed by atoms with Crippen LogP contribution in [0.1, 0.15) is 57.6 Å². The highest BCUT2D eigenvalue weighted by atomic mass is 16.6. The molecule has 0 aliphatic carbocycles. The van der Waals surface area contributed by atoms with Gasteiger partial charge in [0.2, 0.25) is 5.89 Å². The largest absolute Gasteiger partial charge is 0.493 e. The van der Waals surface area contributed by atoms with Crippen molar-refractivity contribution in [2.45, 2.75) is 65.9 Å². The number of amides is 1. The van der Waals surface area contributed by atoms with Crippen LogP contribution in [0.2, 0.25) is 0 Å². The van der Waals surface area contributed by atoms with E-state index in [-0.39, 0.29) is 23.9 Å². The molecule has 220 valence electrons. The zero-order valence-electron chi connectivity index (χ0n) is 24.9. The molecule has 4 rings (SSSR count). The van der Waals surface area contributed by atoms with E-state index in [1.54, 1.807) is 4.90 Å². The van der Waals surface area contributed by atoms with Gasteiger partial charge in [-0.3, -0.25) is 4.79 Å². The van der Waals surface area contributed by atoms with Gasteiger partial charge in [-0.15, -0.1) is 0 Å². The summed E-state index contributed by atoms with van der Waals surface area (Å²) < 4.78 is 22.8. The van der Waals surface area contributed by atoms with Crippen LogP contribution in [0.4, 0.5) is 4.79 Å². The van der Waals surface area contributed by atoms with Crippen molar-refractivity contribution in [1.29, 1.82) is 0 Å². The van der Waals surface area contributed by atoms with Gasteiger partial charge in [-0.25, -0.2) is 9.78 Å². The number of ether oxygens (including phenoxy) is 3. The smallest absolute Gasteiger partial charge is 0.410 e. The van der Waals surface area contributed by atoms with Crippen LogP contribution in [0.25, 0.3) is 11.5 Å². The number of likely N-dealkylation sites (tertiary alicyclic amines) is 1. The predicted octanol–water partition coefficient (Wildman–Crippen LogP) is 6.64. The highest BCUT2D eigenvalue weighted by Gasteiger charge is 2.37. The van der Waals surface area contributed by atoms with Gasteiger partial charge in [-0.05, 0) is 89.6 Å². The normalized spacial score (nSPS) is 17.2. The summed E-state index contributed by atoms with van der Waals surface area (Å²) in [5.41, 5.74) is 2.43. The summed E-state index contributed by atoms with van der Waals surface area (Å²) in [6.45, 7) is 11.1. The Hall–Kier alpha value is -3.81. The predicted molar refractivity (Wildman–Crippen MR) is 157 cm³/mol. The van der Waals surface area contributed by atoms with Crippen molar-refractivity contribution >= 4 is 12.1 Å². The second-order valence-corrected chi connectivity index (χ2v) is 11.5. The van der Waals surface area contributed by atoms with Crippen LogP contribution >= 0.6 is 0 Å². The molecular weight excluding hydrogens is 520 g/mol. The Morgan fingerprint density at radius 2 is 1.78 bits per heavy atom. The fourth-order valence-corrected chi connectivity index (χ4v) is 5.11. The number of aromatic nitrogens is 1. The van der Waals surface area contributed by atoms with Gasteiger partial charge in [-0.2, -0.15) is 0 Å². The highest BCUT2D eigenvalue weighted by Crippen LogP contribution is 2.30. The number of carbonyl (C=O) groups is 2. The maximum absolute atomic E-state index is 12.7. The molecule has 2 atom stereocenters. The van der Waals surface area contributed by atoms with Crippen LogP contribution < -0.4 is 4.74 Å². The lowest BCUT2D eigenvalue weighted by molar-refractivity contribution is -0.152. The van der Waals surface area contributed by atoms with E-state index in [0.29, 0.717) is 45.0 Å². The molecule has 8 heteroatoms. The van der Waals surface area contributed by atoms with E-state index in [1.165, 1.54) is 0 Å². The summed E-state index contributed by atoms with van der Waals surface area (Å²) in [7, 11) is 0.